The number of fused-ring (bicyclic) bond motifs is 1. The lowest BCUT2D eigenvalue weighted by atomic mass is 10.2. The number of non-ortho nitro benzene ring substituents is 1. The van der Waals surface area contributed by atoms with Crippen LogP contribution in [0.1, 0.15) is 11.3 Å². The number of nitrogens with one attached hydrogen (secondary N) is 1. The standard InChI is InChI=1S/C19H15ClN4O5/c1-12-5-6-13(24(27)28)10-14(12)21-17(25)11-29-18(26)8-7-15-19(20)22-16-4-2-3-9-23(15)16/h2-10H,11H2,1H3,(H,21,25)/b8-7+. The van der Waals surface area contributed by atoms with Crippen LogP contribution in [-0.4, -0.2) is 32.8 Å². The summed E-state index contributed by atoms with van der Waals surface area (Å²) < 4.78 is 6.60. The van der Waals surface area contributed by atoms with E-state index >= 15 is 0 Å². The number of amides is 1. The van der Waals surface area contributed by atoms with Crippen LogP contribution in [0.25, 0.3) is 11.7 Å². The molecule has 0 saturated carbocycles. The number of halogens is 1. The molecule has 0 aliphatic rings. The van der Waals surface area contributed by atoms with Gasteiger partial charge in [0.1, 0.15) is 5.65 Å². The smallest absolute Gasteiger partial charge is 0.331 e. The fraction of sp³-hybridized carbons (Fsp3) is 0.105. The molecule has 10 heteroatoms. The maximum absolute atomic E-state index is 12.0. The van der Waals surface area contributed by atoms with Gasteiger partial charge < -0.3 is 10.1 Å². The molecule has 0 spiro atoms. The molecule has 0 fully saturated rings. The zero-order chi connectivity index (χ0) is 21.0. The van der Waals surface area contributed by atoms with Crippen LogP contribution < -0.4 is 5.32 Å². The van der Waals surface area contributed by atoms with Crippen LogP contribution in [0.5, 0.6) is 0 Å². The van der Waals surface area contributed by atoms with Gasteiger partial charge in [0.25, 0.3) is 11.6 Å². The molecule has 29 heavy (non-hydrogen) atoms. The lowest BCUT2D eigenvalue weighted by Crippen LogP contribution is -2.20. The van der Waals surface area contributed by atoms with Crippen molar-refractivity contribution < 1.29 is 19.2 Å². The molecule has 0 unspecified atom stereocenters. The average molecular weight is 415 g/mol. The van der Waals surface area contributed by atoms with E-state index < -0.39 is 23.4 Å². The molecule has 3 rings (SSSR count). The Morgan fingerprint density at radius 2 is 2.14 bits per heavy atom. The van der Waals surface area contributed by atoms with Crippen LogP contribution in [0, 0.1) is 17.0 Å². The first kappa shape index (κ1) is 20.0. The SMILES string of the molecule is Cc1ccc([N+](=O)[O-])cc1NC(=O)COC(=O)/C=C/c1c(Cl)nc2ccccn12. The molecule has 1 amide bonds. The van der Waals surface area contributed by atoms with Gasteiger partial charge in [-0.15, -0.1) is 0 Å². The molecule has 0 bridgehead atoms. The van der Waals surface area contributed by atoms with Crippen molar-refractivity contribution in [3.05, 3.63) is 75.2 Å². The summed E-state index contributed by atoms with van der Waals surface area (Å²) in [6.07, 6.45) is 4.32. The molecule has 1 N–H and O–H groups in total. The van der Waals surface area contributed by atoms with E-state index in [1.165, 1.54) is 24.3 Å². The predicted octanol–water partition coefficient (Wildman–Crippen LogP) is 3.40. The Labute approximate surface area is 169 Å². The third kappa shape index (κ3) is 4.77. The zero-order valence-electron chi connectivity index (χ0n) is 15.2. The highest BCUT2D eigenvalue weighted by Gasteiger charge is 2.12. The Kier molecular flexibility index (Phi) is 5.89. The monoisotopic (exact) mass is 414 g/mol. The van der Waals surface area contributed by atoms with Crippen molar-refractivity contribution in [2.24, 2.45) is 0 Å². The average Bonchev–Trinajstić information content (AvgIpc) is 3.01. The molecule has 0 atom stereocenters. The number of ether oxygens (including phenoxy) is 1. The van der Waals surface area contributed by atoms with Gasteiger partial charge in [0.05, 0.1) is 16.3 Å². The minimum Gasteiger partial charge on any atom is -0.452 e. The number of aryl methyl sites for hydroxylation is 1. The minimum atomic E-state index is -0.752. The van der Waals surface area contributed by atoms with Crippen molar-refractivity contribution in [1.29, 1.82) is 0 Å². The second-order valence-electron chi connectivity index (χ2n) is 5.96. The van der Waals surface area contributed by atoms with Gasteiger partial charge >= 0.3 is 5.97 Å². The number of nitro benzene ring substituents is 1. The quantitative estimate of drug-likeness (QED) is 0.286. The normalized spacial score (nSPS) is 11.0. The summed E-state index contributed by atoms with van der Waals surface area (Å²) in [6.45, 7) is 1.14. The molecule has 0 aliphatic heterocycles. The summed E-state index contributed by atoms with van der Waals surface area (Å²) in [6, 6.07) is 9.45. The molecule has 0 saturated heterocycles. The van der Waals surface area contributed by atoms with Crippen LogP contribution >= 0.6 is 11.6 Å². The van der Waals surface area contributed by atoms with Crippen molar-refractivity contribution in [3.63, 3.8) is 0 Å². The van der Waals surface area contributed by atoms with Crippen LogP contribution in [0.15, 0.2) is 48.7 Å². The van der Waals surface area contributed by atoms with Crippen LogP contribution in [0.4, 0.5) is 11.4 Å². The van der Waals surface area contributed by atoms with Crippen LogP contribution in [0.2, 0.25) is 5.15 Å². The van der Waals surface area contributed by atoms with Crippen LogP contribution in [0.3, 0.4) is 0 Å². The first-order chi connectivity index (χ1) is 13.8. The molecule has 2 aromatic heterocycles. The van der Waals surface area contributed by atoms with Crippen molar-refractivity contribution in [2.45, 2.75) is 6.92 Å². The van der Waals surface area contributed by atoms with Gasteiger partial charge in [0.15, 0.2) is 11.8 Å². The summed E-state index contributed by atoms with van der Waals surface area (Å²) in [5, 5.41) is 13.5. The number of pyridine rings is 1. The molecule has 3 aromatic rings. The van der Waals surface area contributed by atoms with Crippen molar-refractivity contribution in [3.8, 4) is 0 Å². The second kappa shape index (κ2) is 8.53. The first-order valence-corrected chi connectivity index (χ1v) is 8.75. The Hall–Kier alpha value is -3.72. The molecule has 0 aliphatic carbocycles. The lowest BCUT2D eigenvalue weighted by Gasteiger charge is -2.08. The number of carbonyl (C=O) groups is 2. The van der Waals surface area contributed by atoms with Crippen molar-refractivity contribution >= 4 is 46.6 Å². The van der Waals surface area contributed by atoms with Gasteiger partial charge in [-0.1, -0.05) is 23.7 Å². The van der Waals surface area contributed by atoms with E-state index in [-0.39, 0.29) is 16.5 Å². The van der Waals surface area contributed by atoms with Gasteiger partial charge in [-0.3, -0.25) is 19.3 Å². The van der Waals surface area contributed by atoms with Crippen molar-refractivity contribution in [1.82, 2.24) is 9.38 Å². The number of benzene rings is 1. The van der Waals surface area contributed by atoms with Gasteiger partial charge in [-0.2, -0.15) is 0 Å². The van der Waals surface area contributed by atoms with E-state index in [1.54, 1.807) is 29.7 Å². The number of carbonyl (C=O) groups excluding carboxylic acids is 2. The summed E-state index contributed by atoms with van der Waals surface area (Å²) in [5.74, 6) is -1.37. The molecule has 2 heterocycles. The number of esters is 1. The number of nitrogens with zero attached hydrogens (tertiary/aromatic N) is 3. The maximum atomic E-state index is 12.0. The number of anilines is 1. The van der Waals surface area contributed by atoms with E-state index in [0.29, 0.717) is 16.9 Å². The van der Waals surface area contributed by atoms with E-state index in [2.05, 4.69) is 10.3 Å². The number of hydrogen-bond acceptors (Lipinski definition) is 6. The molecule has 148 valence electrons. The molecular formula is C19H15ClN4O5. The zero-order valence-corrected chi connectivity index (χ0v) is 15.9. The third-order valence-corrected chi connectivity index (χ3v) is 4.23. The van der Waals surface area contributed by atoms with E-state index in [1.807, 2.05) is 6.07 Å². The number of hydrogen-bond donors (Lipinski definition) is 1. The summed E-state index contributed by atoms with van der Waals surface area (Å²) in [5.41, 5.74) is 1.87. The molecule has 9 nitrogen and oxygen atoms in total. The highest BCUT2D eigenvalue weighted by atomic mass is 35.5. The summed E-state index contributed by atoms with van der Waals surface area (Å²) in [7, 11) is 0. The van der Waals surface area contributed by atoms with E-state index in [4.69, 9.17) is 16.3 Å². The molecular weight excluding hydrogens is 400 g/mol. The van der Waals surface area contributed by atoms with Crippen molar-refractivity contribution in [2.75, 3.05) is 11.9 Å². The topological polar surface area (TPSA) is 116 Å². The number of aromatic nitrogens is 2. The highest BCUT2D eigenvalue weighted by Crippen LogP contribution is 2.22. The van der Waals surface area contributed by atoms with E-state index in [9.17, 15) is 19.7 Å². The van der Waals surface area contributed by atoms with Crippen LogP contribution in [-0.2, 0) is 14.3 Å². The van der Waals surface area contributed by atoms with Gasteiger partial charge in [0, 0.05) is 24.4 Å². The van der Waals surface area contributed by atoms with Gasteiger partial charge in [0.2, 0.25) is 0 Å². The highest BCUT2D eigenvalue weighted by molar-refractivity contribution is 6.31. The fourth-order valence-electron chi connectivity index (χ4n) is 2.51. The number of imidazole rings is 1. The first-order valence-electron chi connectivity index (χ1n) is 8.37. The van der Waals surface area contributed by atoms with E-state index in [0.717, 1.165) is 6.08 Å². The molecule has 1 aromatic carbocycles. The Morgan fingerprint density at radius 1 is 1.34 bits per heavy atom. The Bertz CT molecular complexity index is 1140. The Morgan fingerprint density at radius 3 is 2.90 bits per heavy atom. The summed E-state index contributed by atoms with van der Waals surface area (Å²) >= 11 is 6.07. The number of rotatable bonds is 6. The lowest BCUT2D eigenvalue weighted by molar-refractivity contribution is -0.384. The summed E-state index contributed by atoms with van der Waals surface area (Å²) in [4.78, 5) is 38.3. The largest absolute Gasteiger partial charge is 0.452 e. The predicted molar refractivity (Wildman–Crippen MR) is 107 cm³/mol. The number of nitro groups is 1. The second-order valence-corrected chi connectivity index (χ2v) is 6.32. The minimum absolute atomic E-state index is 0.157. The maximum Gasteiger partial charge on any atom is 0.331 e. The van der Waals surface area contributed by atoms with Gasteiger partial charge in [-0.25, -0.2) is 9.78 Å². The van der Waals surface area contributed by atoms with Gasteiger partial charge in [-0.05, 0) is 30.7 Å². The fourth-order valence-corrected chi connectivity index (χ4v) is 2.75. The third-order valence-electron chi connectivity index (χ3n) is 3.95. The molecule has 0 radical (unpaired) electrons. The Balaban J connectivity index is 1.60.